The summed E-state index contributed by atoms with van der Waals surface area (Å²) >= 11 is 2.04. The number of thioether (sulfide) groups is 1. The molecule has 1 fully saturated rings. The standard InChI is InChI=1S/C18H30N4OS/c1-18(2)14-22(10-12-24-18)17(19-3)21-13-15-5-7-16(8-6-15)20-9-11-23-4/h5-8,20H,9-14H2,1-4H3,(H,19,21). The number of benzene rings is 1. The van der Waals surface area contributed by atoms with Crippen LogP contribution in [0, 0.1) is 0 Å². The van der Waals surface area contributed by atoms with Gasteiger partial charge in [0.2, 0.25) is 0 Å². The number of guanidine groups is 1. The molecular formula is C18H30N4OS. The maximum absolute atomic E-state index is 5.04. The van der Waals surface area contributed by atoms with Crippen molar-refractivity contribution in [3.05, 3.63) is 29.8 Å². The molecule has 0 aliphatic carbocycles. The molecule has 1 heterocycles. The van der Waals surface area contributed by atoms with Crippen LogP contribution in [0.3, 0.4) is 0 Å². The molecule has 0 aromatic heterocycles. The lowest BCUT2D eigenvalue weighted by atomic mass is 10.2. The molecule has 5 nitrogen and oxygen atoms in total. The molecule has 2 rings (SSSR count). The summed E-state index contributed by atoms with van der Waals surface area (Å²) in [7, 11) is 3.57. The molecule has 0 saturated carbocycles. The molecule has 1 aromatic rings. The molecule has 0 unspecified atom stereocenters. The molecule has 1 saturated heterocycles. The SMILES string of the molecule is CN=C(NCc1ccc(NCCOC)cc1)N1CCSC(C)(C)C1. The predicted octanol–water partition coefficient (Wildman–Crippen LogP) is 2.65. The summed E-state index contributed by atoms with van der Waals surface area (Å²) in [6.45, 7) is 9.00. The monoisotopic (exact) mass is 350 g/mol. The average molecular weight is 351 g/mol. The Bertz CT molecular complexity index is 530. The van der Waals surface area contributed by atoms with Crippen molar-refractivity contribution >= 4 is 23.4 Å². The van der Waals surface area contributed by atoms with E-state index in [1.807, 2.05) is 18.8 Å². The van der Waals surface area contributed by atoms with Crippen LogP contribution in [-0.4, -0.2) is 61.8 Å². The van der Waals surface area contributed by atoms with Gasteiger partial charge in [-0.3, -0.25) is 4.99 Å². The first-order valence-electron chi connectivity index (χ1n) is 8.45. The number of nitrogens with one attached hydrogen (secondary N) is 2. The highest BCUT2D eigenvalue weighted by molar-refractivity contribution is 8.00. The van der Waals surface area contributed by atoms with Crippen molar-refractivity contribution in [3.63, 3.8) is 0 Å². The molecule has 1 aromatic carbocycles. The molecule has 134 valence electrons. The van der Waals surface area contributed by atoms with E-state index in [1.165, 1.54) is 5.56 Å². The first-order valence-corrected chi connectivity index (χ1v) is 9.44. The summed E-state index contributed by atoms with van der Waals surface area (Å²) in [5, 5.41) is 6.82. The van der Waals surface area contributed by atoms with Crippen LogP contribution >= 0.6 is 11.8 Å². The van der Waals surface area contributed by atoms with Crippen LogP contribution in [-0.2, 0) is 11.3 Å². The molecular weight excluding hydrogens is 320 g/mol. The smallest absolute Gasteiger partial charge is 0.193 e. The van der Waals surface area contributed by atoms with Crippen molar-refractivity contribution in [3.8, 4) is 0 Å². The minimum Gasteiger partial charge on any atom is -0.383 e. The fourth-order valence-electron chi connectivity index (χ4n) is 2.75. The third kappa shape index (κ3) is 5.91. The highest BCUT2D eigenvalue weighted by atomic mass is 32.2. The van der Waals surface area contributed by atoms with Crippen LogP contribution in [0.4, 0.5) is 5.69 Å². The molecule has 6 heteroatoms. The van der Waals surface area contributed by atoms with Crippen molar-refractivity contribution in [1.29, 1.82) is 0 Å². The largest absolute Gasteiger partial charge is 0.383 e. The van der Waals surface area contributed by atoms with Gasteiger partial charge in [-0.2, -0.15) is 11.8 Å². The molecule has 1 aliphatic heterocycles. The molecule has 2 N–H and O–H groups in total. The first kappa shape index (κ1) is 18.9. The zero-order chi connectivity index (χ0) is 17.4. The lowest BCUT2D eigenvalue weighted by molar-refractivity contribution is 0.211. The normalized spacial score (nSPS) is 17.7. The third-order valence-electron chi connectivity index (χ3n) is 3.98. The van der Waals surface area contributed by atoms with Gasteiger partial charge in [-0.25, -0.2) is 0 Å². The number of ether oxygens (including phenoxy) is 1. The van der Waals surface area contributed by atoms with E-state index in [9.17, 15) is 0 Å². The van der Waals surface area contributed by atoms with E-state index in [0.717, 1.165) is 43.6 Å². The second-order valence-corrected chi connectivity index (χ2v) is 8.35. The number of aliphatic imine (C=N–C) groups is 1. The quantitative estimate of drug-likeness (QED) is 0.469. The topological polar surface area (TPSA) is 48.9 Å². The van der Waals surface area contributed by atoms with Gasteiger partial charge in [-0.15, -0.1) is 0 Å². The predicted molar refractivity (Wildman–Crippen MR) is 105 cm³/mol. The van der Waals surface area contributed by atoms with E-state index in [1.54, 1.807) is 7.11 Å². The van der Waals surface area contributed by atoms with Gasteiger partial charge in [0.15, 0.2) is 5.96 Å². The Labute approximate surface area is 150 Å². The van der Waals surface area contributed by atoms with Gasteiger partial charge >= 0.3 is 0 Å². The van der Waals surface area contributed by atoms with Gasteiger partial charge in [-0.1, -0.05) is 12.1 Å². The minimum absolute atomic E-state index is 0.283. The number of anilines is 1. The van der Waals surface area contributed by atoms with Crippen LogP contribution in [0.5, 0.6) is 0 Å². The second kappa shape index (κ2) is 9.18. The Kier molecular flexibility index (Phi) is 7.24. The second-order valence-electron chi connectivity index (χ2n) is 6.55. The Morgan fingerprint density at radius 2 is 2.08 bits per heavy atom. The maximum Gasteiger partial charge on any atom is 0.193 e. The zero-order valence-corrected chi connectivity index (χ0v) is 16.1. The van der Waals surface area contributed by atoms with Crippen LogP contribution in [0.15, 0.2) is 29.3 Å². The lowest BCUT2D eigenvalue weighted by Gasteiger charge is -2.39. The molecule has 0 atom stereocenters. The van der Waals surface area contributed by atoms with Crippen LogP contribution in [0.25, 0.3) is 0 Å². The van der Waals surface area contributed by atoms with Crippen LogP contribution < -0.4 is 10.6 Å². The van der Waals surface area contributed by atoms with Gasteiger partial charge in [0.25, 0.3) is 0 Å². The van der Waals surface area contributed by atoms with Gasteiger partial charge in [0.05, 0.1) is 6.61 Å². The Balaban J connectivity index is 1.84. The molecule has 1 aliphatic rings. The fraction of sp³-hybridized carbons (Fsp3) is 0.611. The van der Waals surface area contributed by atoms with Crippen molar-refractivity contribution in [2.45, 2.75) is 25.1 Å². The summed E-state index contributed by atoms with van der Waals surface area (Å²) in [6, 6.07) is 8.50. The van der Waals surface area contributed by atoms with Gasteiger partial charge in [0, 0.05) is 56.5 Å². The van der Waals surface area contributed by atoms with E-state index in [2.05, 4.69) is 58.6 Å². The number of nitrogens with zero attached hydrogens (tertiary/aromatic N) is 2. The molecule has 0 amide bonds. The van der Waals surface area contributed by atoms with Crippen molar-refractivity contribution < 1.29 is 4.74 Å². The first-order chi connectivity index (χ1) is 11.5. The van der Waals surface area contributed by atoms with E-state index in [-0.39, 0.29) is 4.75 Å². The molecule has 0 spiro atoms. The average Bonchev–Trinajstić information content (AvgIpc) is 2.56. The summed E-state index contributed by atoms with van der Waals surface area (Å²) in [5.74, 6) is 2.14. The van der Waals surface area contributed by atoms with Crippen molar-refractivity contribution in [2.75, 3.05) is 51.5 Å². The third-order valence-corrected chi connectivity index (χ3v) is 5.27. The zero-order valence-electron chi connectivity index (χ0n) is 15.3. The Morgan fingerprint density at radius 3 is 2.71 bits per heavy atom. The van der Waals surface area contributed by atoms with Crippen LogP contribution in [0.2, 0.25) is 0 Å². The van der Waals surface area contributed by atoms with Crippen LogP contribution in [0.1, 0.15) is 19.4 Å². The number of hydrogen-bond acceptors (Lipinski definition) is 4. The van der Waals surface area contributed by atoms with Crippen molar-refractivity contribution in [2.24, 2.45) is 4.99 Å². The highest BCUT2D eigenvalue weighted by Crippen LogP contribution is 2.29. The summed E-state index contributed by atoms with van der Waals surface area (Å²) in [5.41, 5.74) is 2.37. The lowest BCUT2D eigenvalue weighted by Crippen LogP contribution is -2.50. The number of methoxy groups -OCH3 is 1. The highest BCUT2D eigenvalue weighted by Gasteiger charge is 2.28. The van der Waals surface area contributed by atoms with E-state index in [0.29, 0.717) is 6.61 Å². The molecule has 0 radical (unpaired) electrons. The summed E-state index contributed by atoms with van der Waals surface area (Å²) in [4.78, 5) is 6.81. The Hall–Kier alpha value is -1.40. The fourth-order valence-corrected chi connectivity index (χ4v) is 3.86. The summed E-state index contributed by atoms with van der Waals surface area (Å²) in [6.07, 6.45) is 0. The molecule has 0 bridgehead atoms. The Morgan fingerprint density at radius 1 is 1.33 bits per heavy atom. The maximum atomic E-state index is 5.04. The van der Waals surface area contributed by atoms with Crippen molar-refractivity contribution in [1.82, 2.24) is 10.2 Å². The van der Waals surface area contributed by atoms with Gasteiger partial charge < -0.3 is 20.3 Å². The van der Waals surface area contributed by atoms with Gasteiger partial charge in [-0.05, 0) is 31.5 Å². The van der Waals surface area contributed by atoms with E-state index in [4.69, 9.17) is 4.74 Å². The number of rotatable bonds is 6. The van der Waals surface area contributed by atoms with Gasteiger partial charge in [0.1, 0.15) is 0 Å². The van der Waals surface area contributed by atoms with E-state index >= 15 is 0 Å². The number of hydrogen-bond donors (Lipinski definition) is 2. The van der Waals surface area contributed by atoms with E-state index < -0.39 is 0 Å². The minimum atomic E-state index is 0.283. The summed E-state index contributed by atoms with van der Waals surface area (Å²) < 4.78 is 5.33. The molecule has 24 heavy (non-hydrogen) atoms.